The SMILES string of the molecule is Cc1ccc(N)c(C(=O)NCC(C(=O)O)C(C)C)c1. The van der Waals surface area contributed by atoms with Gasteiger partial charge in [-0.3, -0.25) is 9.59 Å². The summed E-state index contributed by atoms with van der Waals surface area (Å²) in [6.45, 7) is 5.58. The number of carbonyl (C=O) groups excluding carboxylic acids is 1. The monoisotopic (exact) mass is 264 g/mol. The maximum absolute atomic E-state index is 12.0. The first-order valence-electron chi connectivity index (χ1n) is 6.20. The van der Waals surface area contributed by atoms with Gasteiger partial charge < -0.3 is 16.2 Å². The highest BCUT2D eigenvalue weighted by Crippen LogP contribution is 2.14. The Morgan fingerprint density at radius 3 is 2.53 bits per heavy atom. The van der Waals surface area contributed by atoms with Crippen molar-refractivity contribution in [3.63, 3.8) is 0 Å². The number of nitrogen functional groups attached to an aromatic ring is 1. The number of aliphatic carboxylic acids is 1. The average Bonchev–Trinajstić information content (AvgIpc) is 2.31. The van der Waals surface area contributed by atoms with Crippen LogP contribution in [0.4, 0.5) is 5.69 Å². The molecule has 0 radical (unpaired) electrons. The van der Waals surface area contributed by atoms with Crippen LogP contribution in [-0.4, -0.2) is 23.5 Å². The van der Waals surface area contributed by atoms with Crippen molar-refractivity contribution in [2.45, 2.75) is 20.8 Å². The fraction of sp³-hybridized carbons (Fsp3) is 0.429. The van der Waals surface area contributed by atoms with E-state index < -0.39 is 11.9 Å². The molecule has 1 amide bonds. The number of carboxylic acid groups (broad SMARTS) is 1. The summed E-state index contributed by atoms with van der Waals surface area (Å²) in [6, 6.07) is 5.18. The molecule has 1 rings (SSSR count). The first-order chi connectivity index (χ1) is 8.82. The molecular formula is C14H20N2O3. The van der Waals surface area contributed by atoms with Crippen LogP contribution in [0.25, 0.3) is 0 Å². The molecule has 0 aliphatic heterocycles. The standard InChI is InChI=1S/C14H20N2O3/c1-8(2)11(14(18)19)7-16-13(17)10-6-9(3)4-5-12(10)15/h4-6,8,11H,7,15H2,1-3H3,(H,16,17)(H,18,19). The number of aryl methyl sites for hydroxylation is 1. The van der Waals surface area contributed by atoms with Crippen molar-refractivity contribution in [2.24, 2.45) is 11.8 Å². The lowest BCUT2D eigenvalue weighted by atomic mass is 9.96. The molecule has 19 heavy (non-hydrogen) atoms. The van der Waals surface area contributed by atoms with E-state index in [2.05, 4.69) is 5.32 Å². The van der Waals surface area contributed by atoms with E-state index in [0.717, 1.165) is 5.56 Å². The van der Waals surface area contributed by atoms with Gasteiger partial charge in [0.25, 0.3) is 5.91 Å². The molecule has 0 bridgehead atoms. The van der Waals surface area contributed by atoms with Crippen molar-refractivity contribution in [3.8, 4) is 0 Å². The van der Waals surface area contributed by atoms with Crippen molar-refractivity contribution in [1.82, 2.24) is 5.32 Å². The number of anilines is 1. The van der Waals surface area contributed by atoms with Crippen molar-refractivity contribution < 1.29 is 14.7 Å². The van der Waals surface area contributed by atoms with Gasteiger partial charge in [0.2, 0.25) is 0 Å². The van der Waals surface area contributed by atoms with Crippen molar-refractivity contribution in [1.29, 1.82) is 0 Å². The molecule has 1 unspecified atom stereocenters. The average molecular weight is 264 g/mol. The Kier molecular flexibility index (Phi) is 4.92. The van der Waals surface area contributed by atoms with Crippen LogP contribution in [-0.2, 0) is 4.79 Å². The highest BCUT2D eigenvalue weighted by molar-refractivity contribution is 5.99. The van der Waals surface area contributed by atoms with Crippen LogP contribution in [0.3, 0.4) is 0 Å². The van der Waals surface area contributed by atoms with Gasteiger partial charge in [-0.05, 0) is 25.0 Å². The lowest BCUT2D eigenvalue weighted by Gasteiger charge is -2.17. The third-order valence-corrected chi connectivity index (χ3v) is 3.06. The minimum Gasteiger partial charge on any atom is -0.481 e. The highest BCUT2D eigenvalue weighted by atomic mass is 16.4. The van der Waals surface area contributed by atoms with Crippen LogP contribution >= 0.6 is 0 Å². The van der Waals surface area contributed by atoms with Gasteiger partial charge in [-0.15, -0.1) is 0 Å². The molecule has 0 saturated carbocycles. The molecule has 0 aliphatic carbocycles. The summed E-state index contributed by atoms with van der Waals surface area (Å²) in [5, 5.41) is 11.7. The summed E-state index contributed by atoms with van der Waals surface area (Å²) in [5.41, 5.74) is 7.44. The molecule has 0 fully saturated rings. The van der Waals surface area contributed by atoms with Gasteiger partial charge in [0.05, 0.1) is 11.5 Å². The molecule has 0 aromatic heterocycles. The van der Waals surface area contributed by atoms with Gasteiger partial charge >= 0.3 is 5.97 Å². The second-order valence-electron chi connectivity index (χ2n) is 4.99. The van der Waals surface area contributed by atoms with E-state index >= 15 is 0 Å². The molecule has 0 spiro atoms. The maximum atomic E-state index is 12.0. The number of carboxylic acids is 1. The van der Waals surface area contributed by atoms with Crippen LogP contribution in [0, 0.1) is 18.8 Å². The Bertz CT molecular complexity index is 484. The smallest absolute Gasteiger partial charge is 0.308 e. The summed E-state index contributed by atoms with van der Waals surface area (Å²) in [7, 11) is 0. The Balaban J connectivity index is 2.75. The molecule has 1 aromatic carbocycles. The first-order valence-corrected chi connectivity index (χ1v) is 6.20. The second kappa shape index (κ2) is 6.22. The summed E-state index contributed by atoms with van der Waals surface area (Å²) in [6.07, 6.45) is 0. The second-order valence-corrected chi connectivity index (χ2v) is 4.99. The fourth-order valence-electron chi connectivity index (χ4n) is 1.77. The molecule has 104 valence electrons. The zero-order valence-electron chi connectivity index (χ0n) is 11.4. The number of nitrogens with two attached hydrogens (primary N) is 1. The molecular weight excluding hydrogens is 244 g/mol. The Morgan fingerprint density at radius 2 is 2.00 bits per heavy atom. The lowest BCUT2D eigenvalue weighted by Crippen LogP contribution is -2.35. The van der Waals surface area contributed by atoms with E-state index in [4.69, 9.17) is 10.8 Å². The molecule has 5 heteroatoms. The summed E-state index contributed by atoms with van der Waals surface area (Å²) < 4.78 is 0. The Morgan fingerprint density at radius 1 is 1.37 bits per heavy atom. The van der Waals surface area contributed by atoms with E-state index in [0.29, 0.717) is 11.3 Å². The summed E-state index contributed by atoms with van der Waals surface area (Å²) >= 11 is 0. The number of amides is 1. The fourth-order valence-corrected chi connectivity index (χ4v) is 1.77. The maximum Gasteiger partial charge on any atom is 0.308 e. The van der Waals surface area contributed by atoms with Crippen molar-refractivity contribution >= 4 is 17.6 Å². The van der Waals surface area contributed by atoms with E-state index in [1.165, 1.54) is 0 Å². The predicted molar refractivity (Wildman–Crippen MR) is 73.9 cm³/mol. The van der Waals surface area contributed by atoms with E-state index in [1.807, 2.05) is 26.8 Å². The topological polar surface area (TPSA) is 92.4 Å². The predicted octanol–water partition coefficient (Wildman–Crippen LogP) is 1.66. The quantitative estimate of drug-likeness (QED) is 0.705. The van der Waals surface area contributed by atoms with Gasteiger partial charge in [0, 0.05) is 12.2 Å². The third-order valence-electron chi connectivity index (χ3n) is 3.06. The van der Waals surface area contributed by atoms with E-state index in [-0.39, 0.29) is 18.4 Å². The number of carbonyl (C=O) groups is 2. The number of benzene rings is 1. The van der Waals surface area contributed by atoms with Crippen LogP contribution < -0.4 is 11.1 Å². The van der Waals surface area contributed by atoms with Gasteiger partial charge in [-0.1, -0.05) is 25.5 Å². The largest absolute Gasteiger partial charge is 0.481 e. The zero-order chi connectivity index (χ0) is 14.6. The molecule has 4 N–H and O–H groups in total. The minimum absolute atomic E-state index is 0.0485. The van der Waals surface area contributed by atoms with Gasteiger partial charge in [-0.2, -0.15) is 0 Å². The zero-order valence-corrected chi connectivity index (χ0v) is 11.4. The molecule has 5 nitrogen and oxygen atoms in total. The first kappa shape index (κ1) is 15.0. The van der Waals surface area contributed by atoms with Gasteiger partial charge in [0.1, 0.15) is 0 Å². The lowest BCUT2D eigenvalue weighted by molar-refractivity contribution is -0.142. The number of rotatable bonds is 5. The summed E-state index contributed by atoms with van der Waals surface area (Å²) in [4.78, 5) is 23.0. The molecule has 0 heterocycles. The number of hydrogen-bond donors (Lipinski definition) is 3. The molecule has 1 atom stereocenters. The summed E-state index contributed by atoms with van der Waals surface area (Å²) in [5.74, 6) is -1.90. The number of nitrogens with one attached hydrogen (secondary N) is 1. The van der Waals surface area contributed by atoms with Crippen LogP contribution in [0.5, 0.6) is 0 Å². The van der Waals surface area contributed by atoms with Crippen LogP contribution in [0.2, 0.25) is 0 Å². The molecule has 1 aromatic rings. The Hall–Kier alpha value is -2.04. The third kappa shape index (κ3) is 3.98. The normalized spacial score (nSPS) is 12.2. The van der Waals surface area contributed by atoms with Crippen molar-refractivity contribution in [3.05, 3.63) is 29.3 Å². The van der Waals surface area contributed by atoms with E-state index in [9.17, 15) is 9.59 Å². The van der Waals surface area contributed by atoms with Crippen molar-refractivity contribution in [2.75, 3.05) is 12.3 Å². The molecule has 0 aliphatic rings. The van der Waals surface area contributed by atoms with Crippen LogP contribution in [0.15, 0.2) is 18.2 Å². The van der Waals surface area contributed by atoms with E-state index in [1.54, 1.807) is 12.1 Å². The number of hydrogen-bond acceptors (Lipinski definition) is 3. The molecule has 0 saturated heterocycles. The highest BCUT2D eigenvalue weighted by Gasteiger charge is 2.22. The Labute approximate surface area is 112 Å². The van der Waals surface area contributed by atoms with Gasteiger partial charge in [-0.25, -0.2) is 0 Å². The minimum atomic E-state index is -0.910. The van der Waals surface area contributed by atoms with Crippen LogP contribution in [0.1, 0.15) is 29.8 Å². The van der Waals surface area contributed by atoms with Gasteiger partial charge in [0.15, 0.2) is 0 Å².